The largest absolute Gasteiger partial charge is 0.493 e. The van der Waals surface area contributed by atoms with Crippen molar-refractivity contribution in [1.82, 2.24) is 20.3 Å². The molecular formula is C30H35N5O4. The van der Waals surface area contributed by atoms with Crippen LogP contribution in [0.5, 0.6) is 11.5 Å². The highest BCUT2D eigenvalue weighted by Crippen LogP contribution is 2.35. The summed E-state index contributed by atoms with van der Waals surface area (Å²) >= 11 is 0. The second-order valence-electron chi connectivity index (χ2n) is 10.1. The van der Waals surface area contributed by atoms with Crippen LogP contribution in [0.1, 0.15) is 44.4 Å². The number of benzene rings is 3. The molecule has 0 aliphatic carbocycles. The van der Waals surface area contributed by atoms with E-state index in [4.69, 9.17) is 9.47 Å². The van der Waals surface area contributed by atoms with Gasteiger partial charge in [0.2, 0.25) is 11.8 Å². The average Bonchev–Trinajstić information content (AvgIpc) is 3.34. The van der Waals surface area contributed by atoms with Crippen molar-refractivity contribution in [2.45, 2.75) is 52.2 Å². The molecule has 4 aromatic rings. The van der Waals surface area contributed by atoms with E-state index in [0.717, 1.165) is 11.1 Å². The number of aromatic nitrogens is 3. The second-order valence-corrected chi connectivity index (χ2v) is 10.1. The van der Waals surface area contributed by atoms with Crippen molar-refractivity contribution in [3.8, 4) is 11.5 Å². The first-order valence-electron chi connectivity index (χ1n) is 12.9. The maximum atomic E-state index is 14.2. The first-order chi connectivity index (χ1) is 18.7. The van der Waals surface area contributed by atoms with E-state index < -0.39 is 11.6 Å². The molecule has 0 bridgehead atoms. The van der Waals surface area contributed by atoms with Crippen LogP contribution in [0, 0.1) is 6.92 Å². The zero-order valence-electron chi connectivity index (χ0n) is 23.3. The monoisotopic (exact) mass is 529 g/mol. The van der Waals surface area contributed by atoms with E-state index in [2.05, 4.69) is 15.6 Å². The van der Waals surface area contributed by atoms with Crippen molar-refractivity contribution in [1.29, 1.82) is 0 Å². The molecule has 9 nitrogen and oxygen atoms in total. The molecule has 0 fully saturated rings. The Morgan fingerprint density at radius 3 is 2.36 bits per heavy atom. The number of carbonyl (C=O) groups is 2. The van der Waals surface area contributed by atoms with E-state index in [-0.39, 0.29) is 18.4 Å². The summed E-state index contributed by atoms with van der Waals surface area (Å²) in [4.78, 5) is 29.8. The first-order valence-corrected chi connectivity index (χ1v) is 12.9. The van der Waals surface area contributed by atoms with Crippen LogP contribution in [0.2, 0.25) is 0 Å². The van der Waals surface area contributed by atoms with Crippen LogP contribution in [0.25, 0.3) is 11.0 Å². The SMILES string of the molecule is CCC(C)(C)NC(=O)[C@H](c1ccc(OC)c(OC)c1)N(C(=O)Cn1nnc2ccccc21)c1ccc(C)cc1. The molecule has 1 N–H and O–H groups in total. The predicted octanol–water partition coefficient (Wildman–Crippen LogP) is 4.84. The Morgan fingerprint density at radius 1 is 1.00 bits per heavy atom. The molecule has 39 heavy (non-hydrogen) atoms. The van der Waals surface area contributed by atoms with Gasteiger partial charge in [-0.05, 0) is 69.2 Å². The van der Waals surface area contributed by atoms with Crippen LogP contribution in [-0.4, -0.2) is 46.6 Å². The minimum atomic E-state index is -0.999. The van der Waals surface area contributed by atoms with Crippen molar-refractivity contribution in [3.63, 3.8) is 0 Å². The maximum Gasteiger partial charge on any atom is 0.249 e. The minimum Gasteiger partial charge on any atom is -0.493 e. The van der Waals surface area contributed by atoms with Crippen LogP contribution in [0.3, 0.4) is 0 Å². The van der Waals surface area contributed by atoms with Crippen LogP contribution < -0.4 is 19.7 Å². The number of rotatable bonds is 10. The fraction of sp³-hybridized carbons (Fsp3) is 0.333. The van der Waals surface area contributed by atoms with Gasteiger partial charge in [-0.25, -0.2) is 4.68 Å². The molecule has 9 heteroatoms. The van der Waals surface area contributed by atoms with Gasteiger partial charge in [-0.3, -0.25) is 14.5 Å². The number of carbonyl (C=O) groups excluding carboxylic acids is 2. The van der Waals surface area contributed by atoms with Gasteiger partial charge in [0.05, 0.1) is 19.7 Å². The Kier molecular flexibility index (Phi) is 8.18. The number of para-hydroxylation sites is 1. The molecule has 0 aliphatic heterocycles. The lowest BCUT2D eigenvalue weighted by Gasteiger charge is -2.35. The summed E-state index contributed by atoms with van der Waals surface area (Å²) in [5.41, 5.74) is 3.12. The number of anilines is 1. The summed E-state index contributed by atoms with van der Waals surface area (Å²) in [5, 5.41) is 11.5. The quantitative estimate of drug-likeness (QED) is 0.316. The zero-order chi connectivity index (χ0) is 28.2. The molecule has 0 spiro atoms. The van der Waals surface area contributed by atoms with Gasteiger partial charge in [0.1, 0.15) is 18.1 Å². The van der Waals surface area contributed by atoms with Gasteiger partial charge in [-0.1, -0.05) is 48.0 Å². The smallest absolute Gasteiger partial charge is 0.249 e. The molecule has 0 radical (unpaired) electrons. The van der Waals surface area contributed by atoms with Gasteiger partial charge in [0.25, 0.3) is 0 Å². The second kappa shape index (κ2) is 11.6. The van der Waals surface area contributed by atoms with Gasteiger partial charge in [0.15, 0.2) is 11.5 Å². The lowest BCUT2D eigenvalue weighted by molar-refractivity contribution is -0.128. The summed E-state index contributed by atoms with van der Waals surface area (Å²) in [6.45, 7) is 7.78. The third-order valence-electron chi connectivity index (χ3n) is 6.86. The Bertz CT molecular complexity index is 1460. The molecule has 0 unspecified atom stereocenters. The highest BCUT2D eigenvalue weighted by atomic mass is 16.5. The fourth-order valence-electron chi connectivity index (χ4n) is 4.31. The number of fused-ring (bicyclic) bond motifs is 1. The van der Waals surface area contributed by atoms with Gasteiger partial charge in [-0.2, -0.15) is 0 Å². The lowest BCUT2D eigenvalue weighted by Crippen LogP contribution is -2.51. The number of nitrogens with zero attached hydrogens (tertiary/aromatic N) is 4. The Morgan fingerprint density at radius 2 is 1.69 bits per heavy atom. The normalized spacial score (nSPS) is 12.2. The molecule has 0 aliphatic rings. The van der Waals surface area contributed by atoms with E-state index >= 15 is 0 Å². The number of methoxy groups -OCH3 is 2. The van der Waals surface area contributed by atoms with E-state index in [9.17, 15) is 9.59 Å². The maximum absolute atomic E-state index is 14.2. The lowest BCUT2D eigenvalue weighted by atomic mass is 9.97. The third kappa shape index (κ3) is 6.03. The Balaban J connectivity index is 1.86. The number of ether oxygens (including phenoxy) is 2. The molecule has 1 atom stereocenters. The standard InChI is InChI=1S/C30H35N5O4/c1-7-30(3,4)31-29(37)28(21-14-17-25(38-5)26(18-21)39-6)35(22-15-12-20(2)13-16-22)27(36)19-34-24-11-9-8-10-23(24)32-33-34/h8-18,28H,7,19H2,1-6H3,(H,31,37)/t28-/m0/s1. The molecular weight excluding hydrogens is 494 g/mol. The third-order valence-corrected chi connectivity index (χ3v) is 6.86. The van der Waals surface area contributed by atoms with Crippen molar-refractivity contribution in [2.24, 2.45) is 0 Å². The Labute approximate surface area is 228 Å². The molecule has 204 valence electrons. The molecule has 0 saturated heterocycles. The van der Waals surface area contributed by atoms with Crippen molar-refractivity contribution >= 4 is 28.5 Å². The summed E-state index contributed by atoms with van der Waals surface area (Å²) in [6.07, 6.45) is 0.709. The van der Waals surface area contributed by atoms with Gasteiger partial charge in [0, 0.05) is 11.2 Å². The molecule has 4 rings (SSSR count). The molecule has 3 aromatic carbocycles. The highest BCUT2D eigenvalue weighted by molar-refractivity contribution is 6.01. The predicted molar refractivity (Wildman–Crippen MR) is 151 cm³/mol. The van der Waals surface area contributed by atoms with Crippen LogP contribution in [0.15, 0.2) is 66.7 Å². The highest BCUT2D eigenvalue weighted by Gasteiger charge is 2.36. The number of aryl methyl sites for hydroxylation is 1. The summed E-state index contributed by atoms with van der Waals surface area (Å²) in [6, 6.07) is 19.2. The summed E-state index contributed by atoms with van der Waals surface area (Å²) in [7, 11) is 3.09. The molecule has 1 aromatic heterocycles. The van der Waals surface area contributed by atoms with E-state index in [1.54, 1.807) is 30.0 Å². The van der Waals surface area contributed by atoms with Crippen molar-refractivity contribution in [2.75, 3.05) is 19.1 Å². The number of hydrogen-bond acceptors (Lipinski definition) is 6. The van der Waals surface area contributed by atoms with E-state index in [0.29, 0.717) is 34.7 Å². The van der Waals surface area contributed by atoms with Gasteiger partial charge >= 0.3 is 0 Å². The van der Waals surface area contributed by atoms with Gasteiger partial charge in [-0.15, -0.1) is 5.10 Å². The van der Waals surface area contributed by atoms with Crippen LogP contribution in [0.4, 0.5) is 5.69 Å². The minimum absolute atomic E-state index is 0.109. The van der Waals surface area contributed by atoms with E-state index in [1.165, 1.54) is 12.0 Å². The molecule has 1 heterocycles. The van der Waals surface area contributed by atoms with Crippen molar-refractivity contribution in [3.05, 3.63) is 77.9 Å². The number of nitrogens with one attached hydrogen (secondary N) is 1. The fourth-order valence-corrected chi connectivity index (χ4v) is 4.31. The first kappa shape index (κ1) is 27.6. The zero-order valence-corrected chi connectivity index (χ0v) is 23.3. The number of amides is 2. The van der Waals surface area contributed by atoms with Gasteiger partial charge < -0.3 is 14.8 Å². The summed E-state index contributed by atoms with van der Waals surface area (Å²) < 4.78 is 12.5. The van der Waals surface area contributed by atoms with Crippen LogP contribution in [-0.2, 0) is 16.1 Å². The Hall–Kier alpha value is -4.40. The topological polar surface area (TPSA) is 98.6 Å². The van der Waals surface area contributed by atoms with Crippen LogP contribution >= 0.6 is 0 Å². The molecule has 2 amide bonds. The van der Waals surface area contributed by atoms with E-state index in [1.807, 2.05) is 76.2 Å². The summed E-state index contributed by atoms with van der Waals surface area (Å²) in [5.74, 6) is 0.350. The average molecular weight is 530 g/mol. The molecule has 0 saturated carbocycles. The van der Waals surface area contributed by atoms with Crippen molar-refractivity contribution < 1.29 is 19.1 Å². The number of hydrogen-bond donors (Lipinski definition) is 1.